The van der Waals surface area contributed by atoms with E-state index in [0.717, 1.165) is 6.42 Å². The quantitative estimate of drug-likeness (QED) is 0.793. The topological polar surface area (TPSA) is 66.5 Å². The van der Waals surface area contributed by atoms with Crippen LogP contribution in [0.5, 0.6) is 0 Å². The number of nitrogens with one attached hydrogen (secondary N) is 1. The minimum absolute atomic E-state index is 0.115. The van der Waals surface area contributed by atoms with Crippen LogP contribution in [-0.4, -0.2) is 50.0 Å². The van der Waals surface area contributed by atoms with Crippen LogP contribution in [0.1, 0.15) is 26.7 Å². The van der Waals surface area contributed by atoms with Crippen molar-refractivity contribution in [1.29, 1.82) is 0 Å². The Labute approximate surface area is 97.1 Å². The predicted molar refractivity (Wildman–Crippen MR) is 63.1 cm³/mol. The lowest BCUT2D eigenvalue weighted by molar-refractivity contribution is 0.181. The molecule has 16 heavy (non-hydrogen) atoms. The number of carbonyl (C=O) groups is 1. The van der Waals surface area contributed by atoms with E-state index in [4.69, 9.17) is 0 Å². The molecule has 94 valence electrons. The summed E-state index contributed by atoms with van der Waals surface area (Å²) in [6.07, 6.45) is 1.41. The van der Waals surface area contributed by atoms with Crippen molar-refractivity contribution in [3.63, 3.8) is 0 Å². The number of sulfone groups is 1. The number of nitrogens with zero attached hydrogens (tertiary/aromatic N) is 1. The number of amides is 2. The van der Waals surface area contributed by atoms with Gasteiger partial charge in [-0.1, -0.05) is 6.92 Å². The van der Waals surface area contributed by atoms with Crippen molar-refractivity contribution in [2.24, 2.45) is 0 Å². The lowest BCUT2D eigenvalue weighted by atomic mass is 10.2. The molecule has 0 spiro atoms. The average Bonchev–Trinajstić information content (AvgIpc) is 2.55. The first-order valence-electron chi connectivity index (χ1n) is 5.75. The molecule has 2 amide bonds. The van der Waals surface area contributed by atoms with Crippen LogP contribution in [0.15, 0.2) is 0 Å². The zero-order valence-corrected chi connectivity index (χ0v) is 10.7. The second kappa shape index (κ2) is 5.52. The van der Waals surface area contributed by atoms with Crippen molar-refractivity contribution < 1.29 is 13.2 Å². The van der Waals surface area contributed by atoms with Gasteiger partial charge in [0.2, 0.25) is 0 Å². The summed E-state index contributed by atoms with van der Waals surface area (Å²) in [6, 6.07) is -0.289. The maximum absolute atomic E-state index is 11.8. The molecule has 1 fully saturated rings. The normalized spacial score (nSPS) is 23.0. The van der Waals surface area contributed by atoms with Gasteiger partial charge in [-0.05, 0) is 19.8 Å². The van der Waals surface area contributed by atoms with Crippen LogP contribution in [0.4, 0.5) is 4.79 Å². The van der Waals surface area contributed by atoms with Gasteiger partial charge in [-0.3, -0.25) is 0 Å². The number of urea groups is 1. The monoisotopic (exact) mass is 248 g/mol. The van der Waals surface area contributed by atoms with Gasteiger partial charge < -0.3 is 10.2 Å². The predicted octanol–water partition coefficient (Wildman–Crippen LogP) is 0.615. The molecular weight excluding hydrogens is 228 g/mol. The van der Waals surface area contributed by atoms with Crippen molar-refractivity contribution in [2.45, 2.75) is 32.7 Å². The SMILES string of the molecule is CCCN(C(=O)NCC)[C@@H]1CCS(=O)(=O)C1. The molecule has 1 saturated heterocycles. The molecule has 0 unspecified atom stereocenters. The Hall–Kier alpha value is -0.780. The summed E-state index contributed by atoms with van der Waals surface area (Å²) < 4.78 is 22.7. The third-order valence-corrected chi connectivity index (χ3v) is 4.45. The first-order chi connectivity index (χ1) is 7.50. The molecule has 0 saturated carbocycles. The van der Waals surface area contributed by atoms with Gasteiger partial charge in [0.1, 0.15) is 0 Å². The lowest BCUT2D eigenvalue weighted by Gasteiger charge is -2.27. The standard InChI is InChI=1S/C10H20N2O3S/c1-3-6-12(10(13)11-4-2)9-5-7-16(14,15)8-9/h9H,3-8H2,1-2H3,(H,11,13)/t9-/m1/s1. The van der Waals surface area contributed by atoms with E-state index in [1.807, 2.05) is 13.8 Å². The van der Waals surface area contributed by atoms with Crippen LogP contribution in [0, 0.1) is 0 Å². The van der Waals surface area contributed by atoms with Gasteiger partial charge in [-0.25, -0.2) is 13.2 Å². The molecule has 1 rings (SSSR count). The third-order valence-electron chi connectivity index (χ3n) is 2.70. The Morgan fingerprint density at radius 1 is 1.44 bits per heavy atom. The van der Waals surface area contributed by atoms with E-state index >= 15 is 0 Å². The summed E-state index contributed by atoms with van der Waals surface area (Å²) in [4.78, 5) is 13.4. The molecule has 1 atom stereocenters. The number of rotatable bonds is 4. The molecule has 0 aromatic heterocycles. The summed E-state index contributed by atoms with van der Waals surface area (Å²) in [6.45, 7) is 5.02. The molecule has 0 aliphatic carbocycles. The summed E-state index contributed by atoms with van der Waals surface area (Å²) in [7, 11) is -2.93. The Balaban J connectivity index is 2.67. The molecule has 0 bridgehead atoms. The van der Waals surface area contributed by atoms with Crippen LogP contribution in [0.25, 0.3) is 0 Å². The van der Waals surface area contributed by atoms with E-state index in [-0.39, 0.29) is 23.6 Å². The van der Waals surface area contributed by atoms with Gasteiger partial charge >= 0.3 is 6.03 Å². The Morgan fingerprint density at radius 3 is 2.56 bits per heavy atom. The van der Waals surface area contributed by atoms with Gasteiger partial charge in [0.15, 0.2) is 9.84 Å². The number of hydrogen-bond donors (Lipinski definition) is 1. The highest BCUT2D eigenvalue weighted by Crippen LogP contribution is 2.18. The fraction of sp³-hybridized carbons (Fsp3) is 0.900. The fourth-order valence-electron chi connectivity index (χ4n) is 1.96. The molecule has 0 aromatic carbocycles. The Morgan fingerprint density at radius 2 is 2.12 bits per heavy atom. The van der Waals surface area contributed by atoms with Crippen molar-refractivity contribution >= 4 is 15.9 Å². The lowest BCUT2D eigenvalue weighted by Crippen LogP contribution is -2.47. The van der Waals surface area contributed by atoms with Crippen molar-refractivity contribution in [3.05, 3.63) is 0 Å². The Bertz CT molecular complexity index is 340. The van der Waals surface area contributed by atoms with Gasteiger partial charge in [0.05, 0.1) is 11.5 Å². The van der Waals surface area contributed by atoms with Gasteiger partial charge in [0, 0.05) is 19.1 Å². The zero-order valence-electron chi connectivity index (χ0n) is 9.90. The first kappa shape index (κ1) is 13.3. The molecule has 1 N–H and O–H groups in total. The molecular formula is C10H20N2O3S. The van der Waals surface area contributed by atoms with Crippen molar-refractivity contribution in [1.82, 2.24) is 10.2 Å². The largest absolute Gasteiger partial charge is 0.338 e. The van der Waals surface area contributed by atoms with Crippen LogP contribution < -0.4 is 5.32 Å². The van der Waals surface area contributed by atoms with E-state index < -0.39 is 9.84 Å². The minimum Gasteiger partial charge on any atom is -0.338 e. The maximum Gasteiger partial charge on any atom is 0.317 e. The average molecular weight is 248 g/mol. The smallest absolute Gasteiger partial charge is 0.317 e. The minimum atomic E-state index is -2.93. The van der Waals surface area contributed by atoms with Crippen LogP contribution >= 0.6 is 0 Å². The van der Waals surface area contributed by atoms with Gasteiger partial charge in [-0.15, -0.1) is 0 Å². The van der Waals surface area contributed by atoms with E-state index in [1.165, 1.54) is 0 Å². The number of carbonyl (C=O) groups excluding carboxylic acids is 1. The van der Waals surface area contributed by atoms with Gasteiger partial charge in [-0.2, -0.15) is 0 Å². The zero-order chi connectivity index (χ0) is 12.2. The highest BCUT2D eigenvalue weighted by molar-refractivity contribution is 7.91. The van der Waals surface area contributed by atoms with Crippen molar-refractivity contribution in [3.8, 4) is 0 Å². The van der Waals surface area contributed by atoms with Crippen LogP contribution in [0.2, 0.25) is 0 Å². The van der Waals surface area contributed by atoms with Gasteiger partial charge in [0.25, 0.3) is 0 Å². The summed E-state index contributed by atoms with van der Waals surface area (Å²) in [5, 5.41) is 2.73. The summed E-state index contributed by atoms with van der Waals surface area (Å²) in [5.74, 6) is 0.321. The maximum atomic E-state index is 11.8. The van der Waals surface area contributed by atoms with Crippen molar-refractivity contribution in [2.75, 3.05) is 24.6 Å². The second-order valence-corrected chi connectivity index (χ2v) is 6.31. The molecule has 0 radical (unpaired) electrons. The van der Waals surface area contributed by atoms with E-state index in [9.17, 15) is 13.2 Å². The molecule has 5 nitrogen and oxygen atoms in total. The summed E-state index contributed by atoms with van der Waals surface area (Å²) in [5.41, 5.74) is 0. The fourth-order valence-corrected chi connectivity index (χ4v) is 3.70. The molecule has 0 aromatic rings. The first-order valence-corrected chi connectivity index (χ1v) is 7.57. The molecule has 1 heterocycles. The number of hydrogen-bond acceptors (Lipinski definition) is 3. The highest BCUT2D eigenvalue weighted by Gasteiger charge is 2.33. The van der Waals surface area contributed by atoms with E-state index in [0.29, 0.717) is 19.5 Å². The summed E-state index contributed by atoms with van der Waals surface area (Å²) >= 11 is 0. The molecule has 1 aliphatic heterocycles. The molecule has 1 aliphatic rings. The van der Waals surface area contributed by atoms with E-state index in [1.54, 1.807) is 4.90 Å². The van der Waals surface area contributed by atoms with E-state index in [2.05, 4.69) is 5.32 Å². The molecule has 6 heteroatoms. The van der Waals surface area contributed by atoms with Crippen LogP contribution in [0.3, 0.4) is 0 Å². The Kier molecular flexibility index (Phi) is 4.58. The van der Waals surface area contributed by atoms with Crippen LogP contribution in [-0.2, 0) is 9.84 Å². The third kappa shape index (κ3) is 3.37. The second-order valence-electron chi connectivity index (χ2n) is 4.09. The highest BCUT2D eigenvalue weighted by atomic mass is 32.2.